The fourth-order valence-corrected chi connectivity index (χ4v) is 3.27. The van der Waals surface area contributed by atoms with Crippen molar-refractivity contribution in [1.29, 1.82) is 5.26 Å². The number of nitriles is 1. The fraction of sp³-hybridized carbons (Fsp3) is 0.133. The molecule has 128 valence electrons. The number of nitro benzene ring substituents is 1. The van der Waals surface area contributed by atoms with Crippen molar-refractivity contribution in [3.63, 3.8) is 0 Å². The number of nitrogens with zero attached hydrogens (tertiary/aromatic N) is 2. The van der Waals surface area contributed by atoms with Crippen molar-refractivity contribution < 1.29 is 19.2 Å². The zero-order chi connectivity index (χ0) is 18.7. The van der Waals surface area contributed by atoms with Crippen LogP contribution in [0.15, 0.2) is 18.2 Å². The normalized spacial score (nSPS) is 10.0. The molecule has 0 aliphatic rings. The summed E-state index contributed by atoms with van der Waals surface area (Å²) < 4.78 is 4.63. The molecule has 0 radical (unpaired) electrons. The van der Waals surface area contributed by atoms with E-state index < -0.39 is 16.8 Å². The number of benzene rings is 1. The van der Waals surface area contributed by atoms with E-state index in [0.29, 0.717) is 5.56 Å². The Balaban J connectivity index is 2.42. The summed E-state index contributed by atoms with van der Waals surface area (Å²) >= 11 is 6.80. The van der Waals surface area contributed by atoms with Crippen LogP contribution in [0.3, 0.4) is 0 Å². The minimum absolute atomic E-state index is 0.0167. The maximum Gasteiger partial charge on any atom is 0.348 e. The summed E-state index contributed by atoms with van der Waals surface area (Å²) in [6.45, 7) is 1.55. The van der Waals surface area contributed by atoms with Gasteiger partial charge in [-0.25, -0.2) is 4.79 Å². The monoisotopic (exact) mass is 379 g/mol. The molecule has 0 spiro atoms. The van der Waals surface area contributed by atoms with Crippen LogP contribution in [0.4, 0.5) is 10.7 Å². The molecule has 0 aliphatic heterocycles. The summed E-state index contributed by atoms with van der Waals surface area (Å²) in [5.74, 6) is -1.37. The van der Waals surface area contributed by atoms with Crippen LogP contribution in [0.5, 0.6) is 0 Å². The van der Waals surface area contributed by atoms with Crippen molar-refractivity contribution >= 4 is 45.5 Å². The highest BCUT2D eigenvalue weighted by atomic mass is 35.5. The van der Waals surface area contributed by atoms with E-state index in [-0.39, 0.29) is 31.7 Å². The topological polar surface area (TPSA) is 122 Å². The summed E-state index contributed by atoms with van der Waals surface area (Å²) in [4.78, 5) is 34.5. The van der Waals surface area contributed by atoms with Crippen molar-refractivity contribution in [2.45, 2.75) is 6.92 Å². The highest BCUT2D eigenvalue weighted by molar-refractivity contribution is 7.18. The van der Waals surface area contributed by atoms with Gasteiger partial charge in [0.05, 0.1) is 28.2 Å². The van der Waals surface area contributed by atoms with E-state index in [1.165, 1.54) is 19.2 Å². The molecule has 1 N–H and O–H groups in total. The number of carbonyl (C=O) groups excluding carboxylic acids is 2. The Hall–Kier alpha value is -2.96. The van der Waals surface area contributed by atoms with Gasteiger partial charge in [0.15, 0.2) is 0 Å². The van der Waals surface area contributed by atoms with E-state index in [2.05, 4.69) is 10.1 Å². The lowest BCUT2D eigenvalue weighted by atomic mass is 10.1. The maximum absolute atomic E-state index is 12.4. The van der Waals surface area contributed by atoms with Crippen LogP contribution in [0.2, 0.25) is 5.02 Å². The lowest BCUT2D eigenvalue weighted by Gasteiger charge is -2.05. The van der Waals surface area contributed by atoms with Gasteiger partial charge in [-0.05, 0) is 18.6 Å². The molecule has 0 aliphatic carbocycles. The first-order valence-electron chi connectivity index (χ1n) is 6.67. The first-order valence-corrected chi connectivity index (χ1v) is 7.86. The molecule has 0 fully saturated rings. The molecule has 8 nitrogen and oxygen atoms in total. The number of methoxy groups -OCH3 is 1. The van der Waals surface area contributed by atoms with Crippen LogP contribution in [0.1, 0.15) is 31.2 Å². The van der Waals surface area contributed by atoms with Crippen molar-refractivity contribution in [2.75, 3.05) is 12.4 Å². The maximum atomic E-state index is 12.4. The van der Waals surface area contributed by atoms with E-state index >= 15 is 0 Å². The van der Waals surface area contributed by atoms with Gasteiger partial charge in [0.1, 0.15) is 15.9 Å². The minimum Gasteiger partial charge on any atom is -0.465 e. The van der Waals surface area contributed by atoms with Gasteiger partial charge in [-0.15, -0.1) is 11.3 Å². The summed E-state index contributed by atoms with van der Waals surface area (Å²) in [5, 5.41) is 22.7. The zero-order valence-corrected chi connectivity index (χ0v) is 14.5. The third-order valence-electron chi connectivity index (χ3n) is 3.26. The van der Waals surface area contributed by atoms with Crippen LogP contribution < -0.4 is 5.32 Å². The quantitative estimate of drug-likeness (QED) is 0.492. The lowest BCUT2D eigenvalue weighted by Crippen LogP contribution is -2.12. The van der Waals surface area contributed by atoms with Crippen molar-refractivity contribution in [3.05, 3.63) is 54.9 Å². The number of halogens is 1. The second kappa shape index (κ2) is 7.29. The second-order valence-corrected chi connectivity index (χ2v) is 6.17. The molecule has 1 amide bonds. The number of thiophene rings is 1. The standard InChI is InChI=1S/C15H10ClN3O5S/c1-7-10(6-17)14(25-12(7)15(21)24-2)18-13(20)9-5-8(19(22)23)3-4-11(9)16/h3-5H,1-2H3,(H,18,20). The number of hydrogen-bond acceptors (Lipinski definition) is 7. The van der Waals surface area contributed by atoms with Crippen LogP contribution in [-0.2, 0) is 4.74 Å². The highest BCUT2D eigenvalue weighted by Crippen LogP contribution is 2.34. The predicted molar refractivity (Wildman–Crippen MR) is 91.2 cm³/mol. The number of esters is 1. The largest absolute Gasteiger partial charge is 0.465 e. The third kappa shape index (κ3) is 3.60. The Kier molecular flexibility index (Phi) is 5.36. The second-order valence-electron chi connectivity index (χ2n) is 4.74. The molecule has 25 heavy (non-hydrogen) atoms. The molecule has 0 saturated heterocycles. The number of ether oxygens (including phenoxy) is 1. The van der Waals surface area contributed by atoms with E-state index in [9.17, 15) is 25.0 Å². The van der Waals surface area contributed by atoms with E-state index in [0.717, 1.165) is 17.4 Å². The van der Waals surface area contributed by atoms with Gasteiger partial charge < -0.3 is 10.1 Å². The summed E-state index contributed by atoms with van der Waals surface area (Å²) in [6.07, 6.45) is 0. The van der Waals surface area contributed by atoms with Crippen LogP contribution >= 0.6 is 22.9 Å². The molecular formula is C15H10ClN3O5S. The summed E-state index contributed by atoms with van der Waals surface area (Å²) in [6, 6.07) is 5.35. The van der Waals surface area contributed by atoms with Gasteiger partial charge in [-0.1, -0.05) is 11.6 Å². The molecule has 2 rings (SSSR count). The Bertz CT molecular complexity index is 932. The minimum atomic E-state index is -0.733. The number of amides is 1. The molecule has 0 bridgehead atoms. The van der Waals surface area contributed by atoms with E-state index in [1.54, 1.807) is 6.92 Å². The predicted octanol–water partition coefficient (Wildman–Crippen LogP) is 3.53. The van der Waals surface area contributed by atoms with Gasteiger partial charge in [-0.3, -0.25) is 14.9 Å². The zero-order valence-electron chi connectivity index (χ0n) is 13.0. The van der Waals surface area contributed by atoms with E-state index in [4.69, 9.17) is 11.6 Å². The molecule has 0 atom stereocenters. The van der Waals surface area contributed by atoms with E-state index in [1.807, 2.05) is 6.07 Å². The fourth-order valence-electron chi connectivity index (χ4n) is 1.99. The number of nitrogens with one attached hydrogen (secondary N) is 1. The van der Waals surface area contributed by atoms with Crippen LogP contribution in [-0.4, -0.2) is 23.9 Å². The number of rotatable bonds is 4. The lowest BCUT2D eigenvalue weighted by molar-refractivity contribution is -0.384. The van der Waals surface area contributed by atoms with Gasteiger partial charge in [0, 0.05) is 12.1 Å². The molecule has 1 aromatic carbocycles. The third-order valence-corrected chi connectivity index (χ3v) is 4.78. The average Bonchev–Trinajstić information content (AvgIpc) is 2.89. The molecule has 1 heterocycles. The van der Waals surface area contributed by atoms with Crippen LogP contribution in [0, 0.1) is 28.4 Å². The SMILES string of the molecule is COC(=O)c1sc(NC(=O)c2cc([N+](=O)[O-])ccc2Cl)c(C#N)c1C. The molecule has 10 heteroatoms. The summed E-state index contributed by atoms with van der Waals surface area (Å²) in [7, 11) is 1.20. The first kappa shape index (κ1) is 18.4. The van der Waals surface area contributed by atoms with Crippen molar-refractivity contribution in [2.24, 2.45) is 0 Å². The Morgan fingerprint density at radius 3 is 2.68 bits per heavy atom. The molecule has 1 aromatic heterocycles. The molecular weight excluding hydrogens is 370 g/mol. The number of nitro groups is 1. The summed E-state index contributed by atoms with van der Waals surface area (Å²) in [5.41, 5.74) is 0.0678. The molecule has 2 aromatic rings. The van der Waals surface area contributed by atoms with Crippen LogP contribution in [0.25, 0.3) is 0 Å². The highest BCUT2D eigenvalue weighted by Gasteiger charge is 2.23. The smallest absolute Gasteiger partial charge is 0.348 e. The van der Waals surface area contributed by atoms with Gasteiger partial charge in [-0.2, -0.15) is 5.26 Å². The molecule has 0 saturated carbocycles. The van der Waals surface area contributed by atoms with Gasteiger partial charge in [0.25, 0.3) is 11.6 Å². The van der Waals surface area contributed by atoms with Gasteiger partial charge >= 0.3 is 5.97 Å². The Labute approximate surface area is 150 Å². The first-order chi connectivity index (χ1) is 11.8. The number of carbonyl (C=O) groups is 2. The number of hydrogen-bond donors (Lipinski definition) is 1. The number of anilines is 1. The Morgan fingerprint density at radius 1 is 1.44 bits per heavy atom. The van der Waals surface area contributed by atoms with Gasteiger partial charge in [0.2, 0.25) is 0 Å². The molecule has 0 unspecified atom stereocenters. The van der Waals surface area contributed by atoms with Crippen molar-refractivity contribution in [1.82, 2.24) is 0 Å². The van der Waals surface area contributed by atoms with Crippen molar-refractivity contribution in [3.8, 4) is 6.07 Å². The number of non-ortho nitro benzene ring substituents is 1. The average molecular weight is 380 g/mol. The Morgan fingerprint density at radius 2 is 2.12 bits per heavy atom.